The van der Waals surface area contributed by atoms with Crippen LogP contribution in [0.3, 0.4) is 0 Å². The van der Waals surface area contributed by atoms with Gasteiger partial charge in [0.15, 0.2) is 0 Å². The van der Waals surface area contributed by atoms with E-state index < -0.39 is 0 Å². The van der Waals surface area contributed by atoms with Gasteiger partial charge in [-0.25, -0.2) is 0 Å². The molecule has 1 heteroatoms. The zero-order valence-electron chi connectivity index (χ0n) is 21.1. The monoisotopic (exact) mass is 464 g/mol. The summed E-state index contributed by atoms with van der Waals surface area (Å²) >= 11 is 6.71. The summed E-state index contributed by atoms with van der Waals surface area (Å²) in [6.07, 6.45) is 5.88. The molecule has 2 unspecified atom stereocenters. The van der Waals surface area contributed by atoms with Crippen LogP contribution in [0.4, 0.5) is 0 Å². The number of hydrogen-bond donors (Lipinski definition) is 0. The number of rotatable bonds is 0. The van der Waals surface area contributed by atoms with Crippen LogP contribution in [0, 0.1) is 11.3 Å². The van der Waals surface area contributed by atoms with Gasteiger partial charge in [-0.1, -0.05) is 119 Å². The predicted molar refractivity (Wildman–Crippen MR) is 146 cm³/mol. The predicted octanol–water partition coefficient (Wildman–Crippen LogP) is 9.34. The Labute approximate surface area is 209 Å². The number of halogens is 1. The maximum Gasteiger partial charge on any atom is 0.0541 e. The standard InChI is InChI=1S/C33H33Cl/c1-31(2,3)20-11-14-24-25-15-12-21(32(4,5)6)18-29(25)33(28(24)17-20)27-10-8-7-9-23(27)26-16-13-22(34)19-30(26)33/h7-17,19,29H,18H2,1-6H3. The molecular weight excluding hydrogens is 432 g/mol. The summed E-state index contributed by atoms with van der Waals surface area (Å²) in [5.74, 6) is 0.359. The van der Waals surface area contributed by atoms with Gasteiger partial charge in [-0.2, -0.15) is 0 Å². The fraction of sp³-hybridized carbons (Fsp3) is 0.333. The molecule has 0 nitrogen and oxygen atoms in total. The van der Waals surface area contributed by atoms with Crippen LogP contribution in [0.2, 0.25) is 5.02 Å². The van der Waals surface area contributed by atoms with Crippen molar-refractivity contribution in [1.29, 1.82) is 0 Å². The van der Waals surface area contributed by atoms with Gasteiger partial charge in [-0.15, -0.1) is 0 Å². The van der Waals surface area contributed by atoms with Gasteiger partial charge >= 0.3 is 0 Å². The second kappa shape index (κ2) is 6.98. The number of fused-ring (bicyclic) bond motifs is 10. The Bertz CT molecular complexity index is 1400. The number of hydrogen-bond acceptors (Lipinski definition) is 0. The van der Waals surface area contributed by atoms with Crippen molar-refractivity contribution in [3.63, 3.8) is 0 Å². The summed E-state index contributed by atoms with van der Waals surface area (Å²) < 4.78 is 0. The molecule has 3 aromatic rings. The highest BCUT2D eigenvalue weighted by atomic mass is 35.5. The van der Waals surface area contributed by atoms with Crippen LogP contribution in [-0.4, -0.2) is 0 Å². The molecule has 0 fully saturated rings. The minimum absolute atomic E-state index is 0.0858. The number of allylic oxidation sites excluding steroid dienone is 4. The van der Waals surface area contributed by atoms with E-state index >= 15 is 0 Å². The fourth-order valence-corrected chi connectivity index (χ4v) is 6.82. The second-order valence-corrected chi connectivity index (χ2v) is 12.8. The molecule has 0 saturated carbocycles. The van der Waals surface area contributed by atoms with Crippen molar-refractivity contribution in [3.8, 4) is 11.1 Å². The van der Waals surface area contributed by atoms with Gasteiger partial charge in [-0.3, -0.25) is 0 Å². The van der Waals surface area contributed by atoms with Crippen LogP contribution < -0.4 is 0 Å². The molecule has 6 rings (SSSR count). The molecule has 3 aromatic carbocycles. The normalized spacial score (nSPS) is 22.6. The fourth-order valence-electron chi connectivity index (χ4n) is 6.65. The minimum Gasteiger partial charge on any atom is -0.0843 e. The maximum absolute atomic E-state index is 6.71. The molecule has 34 heavy (non-hydrogen) atoms. The second-order valence-electron chi connectivity index (χ2n) is 12.4. The molecule has 3 aliphatic carbocycles. The van der Waals surface area contributed by atoms with E-state index in [4.69, 9.17) is 11.6 Å². The van der Waals surface area contributed by atoms with E-state index in [0.29, 0.717) is 5.92 Å². The maximum atomic E-state index is 6.71. The first-order valence-electron chi connectivity index (χ1n) is 12.5. The molecular formula is C33H33Cl. The van der Waals surface area contributed by atoms with Gasteiger partial charge in [0.2, 0.25) is 0 Å². The summed E-state index contributed by atoms with van der Waals surface area (Å²) in [5, 5.41) is 0.819. The summed E-state index contributed by atoms with van der Waals surface area (Å²) in [6.45, 7) is 14.0. The lowest BCUT2D eigenvalue weighted by Gasteiger charge is -2.39. The molecule has 0 aromatic heterocycles. The Morgan fingerprint density at radius 2 is 1.38 bits per heavy atom. The lowest BCUT2D eigenvalue weighted by molar-refractivity contribution is 0.414. The van der Waals surface area contributed by atoms with Crippen LogP contribution in [0.25, 0.3) is 16.7 Å². The summed E-state index contributed by atoms with van der Waals surface area (Å²) in [5.41, 5.74) is 12.8. The van der Waals surface area contributed by atoms with Crippen molar-refractivity contribution in [3.05, 3.63) is 111 Å². The first-order valence-corrected chi connectivity index (χ1v) is 12.9. The molecule has 2 atom stereocenters. The topological polar surface area (TPSA) is 0 Å². The van der Waals surface area contributed by atoms with Gasteiger partial charge in [0.05, 0.1) is 5.41 Å². The van der Waals surface area contributed by atoms with Gasteiger partial charge < -0.3 is 0 Å². The average molecular weight is 465 g/mol. The third kappa shape index (κ3) is 2.85. The zero-order chi connectivity index (χ0) is 24.0. The molecule has 3 aliphatic rings. The molecule has 0 radical (unpaired) electrons. The third-order valence-corrected chi connectivity index (χ3v) is 8.65. The molecule has 0 bridgehead atoms. The molecule has 0 N–H and O–H groups in total. The third-order valence-electron chi connectivity index (χ3n) is 8.42. The molecule has 0 saturated heterocycles. The van der Waals surface area contributed by atoms with Crippen molar-refractivity contribution >= 4 is 17.2 Å². The van der Waals surface area contributed by atoms with Gasteiger partial charge in [0, 0.05) is 10.9 Å². The van der Waals surface area contributed by atoms with E-state index in [0.717, 1.165) is 11.4 Å². The van der Waals surface area contributed by atoms with Crippen LogP contribution in [0.1, 0.15) is 75.8 Å². The van der Waals surface area contributed by atoms with Crippen molar-refractivity contribution in [2.75, 3.05) is 0 Å². The van der Waals surface area contributed by atoms with Crippen LogP contribution in [0.5, 0.6) is 0 Å². The first-order chi connectivity index (χ1) is 16.0. The largest absolute Gasteiger partial charge is 0.0843 e. The Morgan fingerprint density at radius 1 is 0.706 bits per heavy atom. The quantitative estimate of drug-likeness (QED) is 0.311. The van der Waals surface area contributed by atoms with E-state index in [2.05, 4.69) is 114 Å². The smallest absolute Gasteiger partial charge is 0.0541 e. The highest BCUT2D eigenvalue weighted by Gasteiger charge is 2.57. The Morgan fingerprint density at radius 3 is 2.12 bits per heavy atom. The summed E-state index contributed by atoms with van der Waals surface area (Å²) in [6, 6.07) is 22.9. The Balaban J connectivity index is 1.74. The Kier molecular flexibility index (Phi) is 4.50. The van der Waals surface area contributed by atoms with Crippen molar-refractivity contribution in [2.24, 2.45) is 11.3 Å². The van der Waals surface area contributed by atoms with Crippen LogP contribution in [-0.2, 0) is 10.8 Å². The highest BCUT2D eigenvalue weighted by Crippen LogP contribution is 2.66. The van der Waals surface area contributed by atoms with E-state index in [-0.39, 0.29) is 16.2 Å². The molecule has 0 aliphatic heterocycles. The summed E-state index contributed by atoms with van der Waals surface area (Å²) in [7, 11) is 0. The van der Waals surface area contributed by atoms with E-state index in [9.17, 15) is 0 Å². The SMILES string of the molecule is CC(C)(C)C1=CC=C2c3ccc(C(C)(C)C)cc3C3(c4ccccc4-c4ccc(Cl)cc43)C2C1. The lowest BCUT2D eigenvalue weighted by atomic mass is 9.62. The minimum atomic E-state index is -0.218. The first kappa shape index (κ1) is 21.9. The van der Waals surface area contributed by atoms with Crippen LogP contribution in [0.15, 0.2) is 78.4 Å². The van der Waals surface area contributed by atoms with Crippen molar-refractivity contribution < 1.29 is 0 Å². The van der Waals surface area contributed by atoms with Gasteiger partial charge in [0.25, 0.3) is 0 Å². The molecule has 0 heterocycles. The van der Waals surface area contributed by atoms with E-state index in [1.165, 1.54) is 50.1 Å². The van der Waals surface area contributed by atoms with Crippen LogP contribution >= 0.6 is 11.6 Å². The molecule has 0 amide bonds. The summed E-state index contributed by atoms with van der Waals surface area (Å²) in [4.78, 5) is 0. The molecule has 172 valence electrons. The number of benzene rings is 3. The van der Waals surface area contributed by atoms with Gasteiger partial charge in [0.1, 0.15) is 0 Å². The average Bonchev–Trinajstić information content (AvgIpc) is 3.24. The zero-order valence-corrected chi connectivity index (χ0v) is 21.8. The lowest BCUT2D eigenvalue weighted by Crippen LogP contribution is -2.34. The van der Waals surface area contributed by atoms with Crippen molar-refractivity contribution in [2.45, 2.75) is 58.8 Å². The Hall–Kier alpha value is -2.57. The van der Waals surface area contributed by atoms with Crippen molar-refractivity contribution in [1.82, 2.24) is 0 Å². The highest BCUT2D eigenvalue weighted by molar-refractivity contribution is 6.30. The van der Waals surface area contributed by atoms with Gasteiger partial charge in [-0.05, 0) is 73.9 Å². The van der Waals surface area contributed by atoms with E-state index in [1.54, 1.807) is 0 Å². The molecule has 1 spiro atoms. The van der Waals surface area contributed by atoms with E-state index in [1.807, 2.05) is 0 Å².